The summed E-state index contributed by atoms with van der Waals surface area (Å²) in [5, 5.41) is 5.15. The Labute approximate surface area is 324 Å². The predicted molar refractivity (Wildman–Crippen MR) is 233 cm³/mol. The summed E-state index contributed by atoms with van der Waals surface area (Å²) >= 11 is 1.90. The highest BCUT2D eigenvalue weighted by molar-refractivity contribution is 7.26. The Hall–Kier alpha value is -6.74. The second kappa shape index (κ2) is 11.6. The topological polar surface area (TPSA) is 3.24 Å². The number of rotatable bonds is 4. The fraction of sp³-hybridized carbons (Fsp3) is 0.0189. The van der Waals surface area contributed by atoms with Gasteiger partial charge in [-0.25, -0.2) is 0 Å². The van der Waals surface area contributed by atoms with Crippen LogP contribution in [0.3, 0.4) is 0 Å². The molecule has 9 aromatic carbocycles. The normalized spacial score (nSPS) is 13.2. The molecule has 2 heteroatoms. The summed E-state index contributed by atoms with van der Waals surface area (Å²) in [6.07, 6.45) is 0. The van der Waals surface area contributed by atoms with Gasteiger partial charge in [0, 0.05) is 26.7 Å². The summed E-state index contributed by atoms with van der Waals surface area (Å²) in [6.45, 7) is 0. The average molecular weight is 716 g/mol. The fourth-order valence-electron chi connectivity index (χ4n) is 9.91. The first-order valence-electron chi connectivity index (χ1n) is 19.0. The molecule has 0 saturated heterocycles. The molecule has 2 aliphatic carbocycles. The van der Waals surface area contributed by atoms with E-state index in [1.54, 1.807) is 0 Å². The minimum absolute atomic E-state index is 0.499. The van der Waals surface area contributed by atoms with Crippen molar-refractivity contribution in [2.45, 2.75) is 5.41 Å². The molecule has 55 heavy (non-hydrogen) atoms. The molecule has 0 atom stereocenters. The van der Waals surface area contributed by atoms with Gasteiger partial charge in [0.2, 0.25) is 0 Å². The Morgan fingerprint density at radius 2 is 0.964 bits per heavy atom. The maximum atomic E-state index is 2.59. The molecule has 0 bridgehead atoms. The van der Waals surface area contributed by atoms with E-state index in [4.69, 9.17) is 0 Å². The molecule has 10 aromatic rings. The zero-order valence-electron chi connectivity index (χ0n) is 29.9. The van der Waals surface area contributed by atoms with Crippen LogP contribution < -0.4 is 4.90 Å². The molecule has 12 rings (SSSR count). The quantitative estimate of drug-likeness (QED) is 0.175. The van der Waals surface area contributed by atoms with Gasteiger partial charge in [0.05, 0.1) is 21.5 Å². The molecule has 256 valence electrons. The lowest BCUT2D eigenvalue weighted by molar-refractivity contribution is 0.793. The van der Waals surface area contributed by atoms with E-state index in [1.165, 1.54) is 98.0 Å². The van der Waals surface area contributed by atoms with Crippen LogP contribution in [-0.2, 0) is 5.41 Å². The minimum atomic E-state index is -0.499. The number of nitrogens with zero attached hydrogens (tertiary/aromatic N) is 1. The van der Waals surface area contributed by atoms with Crippen LogP contribution in [-0.4, -0.2) is 0 Å². The molecular weight excluding hydrogens is 683 g/mol. The van der Waals surface area contributed by atoms with Gasteiger partial charge in [-0.05, 0) is 91.2 Å². The first-order valence-corrected chi connectivity index (χ1v) is 19.8. The van der Waals surface area contributed by atoms with Crippen molar-refractivity contribution in [2.24, 2.45) is 0 Å². The Balaban J connectivity index is 1.25. The highest BCUT2D eigenvalue weighted by Crippen LogP contribution is 2.65. The highest BCUT2D eigenvalue weighted by Gasteiger charge is 2.53. The van der Waals surface area contributed by atoms with Gasteiger partial charge in [0.25, 0.3) is 0 Å². The predicted octanol–water partition coefficient (Wildman–Crippen LogP) is 14.7. The molecule has 0 aliphatic heterocycles. The van der Waals surface area contributed by atoms with Crippen molar-refractivity contribution in [3.63, 3.8) is 0 Å². The molecule has 0 amide bonds. The van der Waals surface area contributed by atoms with Gasteiger partial charge in [-0.2, -0.15) is 0 Å². The van der Waals surface area contributed by atoms with E-state index >= 15 is 0 Å². The maximum Gasteiger partial charge on any atom is 0.0746 e. The molecule has 1 spiro atoms. The van der Waals surface area contributed by atoms with Crippen LogP contribution in [0, 0.1) is 0 Å². The van der Waals surface area contributed by atoms with E-state index in [0.29, 0.717) is 0 Å². The van der Waals surface area contributed by atoms with Crippen LogP contribution in [0.4, 0.5) is 17.1 Å². The number of fused-ring (bicyclic) bond motifs is 15. The number of benzene rings is 9. The van der Waals surface area contributed by atoms with Crippen LogP contribution in [0.5, 0.6) is 0 Å². The summed E-state index contributed by atoms with van der Waals surface area (Å²) < 4.78 is 2.59. The second-order valence-electron chi connectivity index (χ2n) is 14.8. The lowest BCUT2D eigenvalue weighted by atomic mass is 9.70. The largest absolute Gasteiger partial charge is 0.309 e. The van der Waals surface area contributed by atoms with Crippen LogP contribution in [0.1, 0.15) is 22.3 Å². The molecule has 0 unspecified atom stereocenters. The van der Waals surface area contributed by atoms with Gasteiger partial charge in [-0.15, -0.1) is 11.3 Å². The van der Waals surface area contributed by atoms with Gasteiger partial charge in [0.1, 0.15) is 0 Å². The van der Waals surface area contributed by atoms with Crippen molar-refractivity contribution in [3.8, 4) is 33.4 Å². The number of thiophene rings is 1. The van der Waals surface area contributed by atoms with Gasteiger partial charge in [-0.1, -0.05) is 170 Å². The third-order valence-electron chi connectivity index (χ3n) is 12.0. The molecule has 1 nitrogen and oxygen atoms in total. The highest BCUT2D eigenvalue weighted by atomic mass is 32.1. The summed E-state index contributed by atoms with van der Waals surface area (Å²) in [5.41, 5.74) is 16.0. The first-order chi connectivity index (χ1) is 27.3. The van der Waals surface area contributed by atoms with Crippen molar-refractivity contribution in [1.82, 2.24) is 0 Å². The second-order valence-corrected chi connectivity index (χ2v) is 15.8. The summed E-state index contributed by atoms with van der Waals surface area (Å²) in [6, 6.07) is 74.5. The first kappa shape index (κ1) is 30.7. The SMILES string of the molecule is c1ccc(-c2cccc(N(c3cccc4c3C3(c5ccccc5-c5ccccc53)c3ccccc3-4)c3cc4ccccc4c4c3sc3ccccc34)c2)cc1. The molecule has 1 aromatic heterocycles. The van der Waals surface area contributed by atoms with Crippen LogP contribution in [0.25, 0.3) is 64.3 Å². The molecule has 0 radical (unpaired) electrons. The Kier molecular flexibility index (Phi) is 6.49. The maximum absolute atomic E-state index is 2.59. The van der Waals surface area contributed by atoms with Gasteiger partial charge < -0.3 is 4.90 Å². The zero-order valence-corrected chi connectivity index (χ0v) is 30.7. The molecule has 2 aliphatic rings. The van der Waals surface area contributed by atoms with Gasteiger partial charge in [0.15, 0.2) is 0 Å². The van der Waals surface area contributed by atoms with Crippen molar-refractivity contribution in [3.05, 3.63) is 222 Å². The van der Waals surface area contributed by atoms with E-state index in [-0.39, 0.29) is 0 Å². The van der Waals surface area contributed by atoms with Gasteiger partial charge in [-0.3, -0.25) is 0 Å². The standard InChI is InChI=1S/C53H33NS/c1-2-16-34(17-3-1)35-19-14-20-37(32-35)54(48-33-36-18-4-5-21-38(36)50-43-25-9-13-31-49(43)55-52(48)50)47-30-15-26-42-41-24-8-12-29-46(41)53(51(42)47)44-27-10-6-22-39(44)40-23-7-11-28-45(40)53/h1-33H. The smallest absolute Gasteiger partial charge is 0.0746 e. The zero-order chi connectivity index (χ0) is 36.1. The van der Waals surface area contributed by atoms with E-state index in [2.05, 4.69) is 205 Å². The molecule has 1 heterocycles. The third kappa shape index (κ3) is 4.18. The van der Waals surface area contributed by atoms with E-state index in [0.717, 1.165) is 5.69 Å². The third-order valence-corrected chi connectivity index (χ3v) is 13.2. The van der Waals surface area contributed by atoms with E-state index in [1.807, 2.05) is 11.3 Å². The Bertz CT molecular complexity index is 3110. The Morgan fingerprint density at radius 3 is 1.71 bits per heavy atom. The molecule has 0 fully saturated rings. The van der Waals surface area contributed by atoms with Crippen LogP contribution >= 0.6 is 11.3 Å². The lowest BCUT2D eigenvalue weighted by Gasteiger charge is -2.36. The van der Waals surface area contributed by atoms with E-state index in [9.17, 15) is 0 Å². The van der Waals surface area contributed by atoms with Crippen LogP contribution in [0.2, 0.25) is 0 Å². The summed E-state index contributed by atoms with van der Waals surface area (Å²) in [4.78, 5) is 2.59. The Morgan fingerprint density at radius 1 is 0.400 bits per heavy atom. The molecule has 0 saturated carbocycles. The number of hydrogen-bond acceptors (Lipinski definition) is 2. The summed E-state index contributed by atoms with van der Waals surface area (Å²) in [7, 11) is 0. The van der Waals surface area contributed by atoms with Crippen molar-refractivity contribution in [1.29, 1.82) is 0 Å². The fourth-order valence-corrected chi connectivity index (χ4v) is 11.1. The van der Waals surface area contributed by atoms with Crippen molar-refractivity contribution < 1.29 is 0 Å². The van der Waals surface area contributed by atoms with Crippen molar-refractivity contribution >= 4 is 59.3 Å². The van der Waals surface area contributed by atoms with Crippen LogP contribution in [0.15, 0.2) is 200 Å². The molecular formula is C53H33NS. The monoisotopic (exact) mass is 715 g/mol. The minimum Gasteiger partial charge on any atom is -0.309 e. The number of hydrogen-bond donors (Lipinski definition) is 0. The van der Waals surface area contributed by atoms with Gasteiger partial charge >= 0.3 is 0 Å². The average Bonchev–Trinajstić information content (AvgIpc) is 3.90. The summed E-state index contributed by atoms with van der Waals surface area (Å²) in [5.74, 6) is 0. The number of anilines is 3. The lowest BCUT2D eigenvalue weighted by Crippen LogP contribution is -2.28. The van der Waals surface area contributed by atoms with Crippen molar-refractivity contribution in [2.75, 3.05) is 4.90 Å². The molecule has 0 N–H and O–H groups in total. The van der Waals surface area contributed by atoms with E-state index < -0.39 is 5.41 Å².